The van der Waals surface area contributed by atoms with Crippen molar-refractivity contribution in [1.29, 1.82) is 5.26 Å². The molecule has 0 fully saturated rings. The molecule has 0 saturated heterocycles. The maximum atomic E-state index is 12.2. The smallest absolute Gasteiger partial charge is 0.267 e. The van der Waals surface area contributed by atoms with E-state index < -0.39 is 5.91 Å². The zero-order valence-electron chi connectivity index (χ0n) is 13.3. The molecule has 2 N–H and O–H groups in total. The van der Waals surface area contributed by atoms with Gasteiger partial charge in [0.15, 0.2) is 0 Å². The topological polar surface area (TPSA) is 74.1 Å². The first-order chi connectivity index (χ1) is 12.0. The van der Waals surface area contributed by atoms with E-state index in [1.54, 1.807) is 25.3 Å². The second kappa shape index (κ2) is 8.97. The van der Waals surface area contributed by atoms with Crippen LogP contribution < -0.4 is 15.4 Å². The molecule has 2 aromatic rings. The third kappa shape index (κ3) is 5.15. The summed E-state index contributed by atoms with van der Waals surface area (Å²) in [5.41, 5.74) is 1.21. The van der Waals surface area contributed by atoms with Crippen molar-refractivity contribution in [3.63, 3.8) is 0 Å². The molecule has 0 saturated carbocycles. The van der Waals surface area contributed by atoms with Gasteiger partial charge < -0.3 is 15.4 Å². The Labute approximate surface area is 155 Å². The lowest BCUT2D eigenvalue weighted by atomic mass is 10.2. The largest absolute Gasteiger partial charge is 0.497 e. The highest BCUT2D eigenvalue weighted by Crippen LogP contribution is 2.29. The van der Waals surface area contributed by atoms with Crippen LogP contribution in [-0.2, 0) is 11.3 Å². The van der Waals surface area contributed by atoms with Gasteiger partial charge in [-0.05, 0) is 29.8 Å². The number of hydrogen-bond acceptors (Lipinski definition) is 4. The van der Waals surface area contributed by atoms with E-state index in [-0.39, 0.29) is 10.6 Å². The average molecular weight is 376 g/mol. The summed E-state index contributed by atoms with van der Waals surface area (Å²) in [5.74, 6) is 0.155. The Morgan fingerprint density at radius 1 is 1.28 bits per heavy atom. The Kier molecular flexibility index (Phi) is 6.70. The molecule has 0 atom stereocenters. The molecule has 2 rings (SSSR count). The van der Waals surface area contributed by atoms with Crippen LogP contribution in [-0.4, -0.2) is 13.0 Å². The molecular formula is C18H15Cl2N3O2. The van der Waals surface area contributed by atoms with E-state index >= 15 is 0 Å². The average Bonchev–Trinajstić information content (AvgIpc) is 2.62. The molecule has 1 amide bonds. The molecule has 25 heavy (non-hydrogen) atoms. The number of anilines is 1. The minimum atomic E-state index is -0.579. The number of carbonyl (C=O) groups is 1. The van der Waals surface area contributed by atoms with Crippen molar-refractivity contribution in [2.45, 2.75) is 6.54 Å². The van der Waals surface area contributed by atoms with Crippen molar-refractivity contribution in [2.75, 3.05) is 12.4 Å². The summed E-state index contributed by atoms with van der Waals surface area (Å²) in [6, 6.07) is 14.2. The number of nitrogens with zero attached hydrogens (tertiary/aromatic N) is 1. The summed E-state index contributed by atoms with van der Waals surface area (Å²) < 4.78 is 5.15. The zero-order chi connectivity index (χ0) is 18.2. The molecule has 0 aliphatic heterocycles. The summed E-state index contributed by atoms with van der Waals surface area (Å²) in [4.78, 5) is 12.2. The van der Waals surface area contributed by atoms with Crippen LogP contribution in [0.2, 0.25) is 10.0 Å². The lowest BCUT2D eigenvalue weighted by Gasteiger charge is -2.08. The standard InChI is InChI=1S/C18H15Cl2N3O2/c1-25-14-5-2-4-12(8-14)10-22-11-13(9-21)18(24)23-16-7-3-6-15(19)17(16)20/h2-8,11,22H,10H2,1H3,(H,23,24)/b13-11-. The monoisotopic (exact) mass is 375 g/mol. The van der Waals surface area contributed by atoms with Gasteiger partial charge in [0.05, 0.1) is 22.8 Å². The SMILES string of the molecule is COc1cccc(CN/C=C(/C#N)C(=O)Nc2cccc(Cl)c2Cl)c1. The Bertz CT molecular complexity index is 844. The number of nitriles is 1. The maximum Gasteiger partial charge on any atom is 0.267 e. The molecule has 0 spiro atoms. The number of rotatable bonds is 6. The number of methoxy groups -OCH3 is 1. The van der Waals surface area contributed by atoms with Crippen molar-refractivity contribution in [3.8, 4) is 11.8 Å². The van der Waals surface area contributed by atoms with E-state index in [9.17, 15) is 10.1 Å². The van der Waals surface area contributed by atoms with Crippen LogP contribution in [0, 0.1) is 11.3 Å². The van der Waals surface area contributed by atoms with Gasteiger partial charge in [-0.1, -0.05) is 41.4 Å². The molecule has 0 radical (unpaired) electrons. The van der Waals surface area contributed by atoms with E-state index in [1.807, 2.05) is 30.3 Å². The molecule has 0 aliphatic carbocycles. The third-order valence-electron chi connectivity index (χ3n) is 3.25. The van der Waals surface area contributed by atoms with Gasteiger partial charge in [0.1, 0.15) is 17.4 Å². The highest BCUT2D eigenvalue weighted by atomic mass is 35.5. The van der Waals surface area contributed by atoms with Gasteiger partial charge in [0, 0.05) is 12.7 Å². The van der Waals surface area contributed by atoms with Crippen LogP contribution in [0.25, 0.3) is 0 Å². The Balaban J connectivity index is 2.02. The first kappa shape index (κ1) is 18.7. The lowest BCUT2D eigenvalue weighted by molar-refractivity contribution is -0.112. The molecule has 0 unspecified atom stereocenters. The van der Waals surface area contributed by atoms with Crippen LogP contribution in [0.3, 0.4) is 0 Å². The van der Waals surface area contributed by atoms with Gasteiger partial charge >= 0.3 is 0 Å². The highest BCUT2D eigenvalue weighted by Gasteiger charge is 2.12. The van der Waals surface area contributed by atoms with Crippen LogP contribution in [0.15, 0.2) is 54.2 Å². The number of hydrogen-bond donors (Lipinski definition) is 2. The number of ether oxygens (including phenoxy) is 1. The zero-order valence-corrected chi connectivity index (χ0v) is 14.9. The van der Waals surface area contributed by atoms with Crippen LogP contribution in [0.1, 0.15) is 5.56 Å². The van der Waals surface area contributed by atoms with Gasteiger partial charge in [0.2, 0.25) is 0 Å². The molecule has 0 aromatic heterocycles. The number of benzene rings is 2. The summed E-state index contributed by atoms with van der Waals surface area (Å²) in [6.45, 7) is 0.438. The number of halogens is 2. The summed E-state index contributed by atoms with van der Waals surface area (Å²) in [5, 5.41) is 15.2. The van der Waals surface area contributed by atoms with Gasteiger partial charge in [-0.3, -0.25) is 4.79 Å². The van der Waals surface area contributed by atoms with E-state index in [0.29, 0.717) is 17.3 Å². The van der Waals surface area contributed by atoms with Gasteiger partial charge in [-0.25, -0.2) is 0 Å². The number of carbonyl (C=O) groups excluding carboxylic acids is 1. The number of amides is 1. The van der Waals surface area contributed by atoms with Crippen molar-refractivity contribution >= 4 is 34.8 Å². The Hall–Kier alpha value is -2.68. The predicted molar refractivity (Wildman–Crippen MR) is 98.6 cm³/mol. The molecule has 5 nitrogen and oxygen atoms in total. The fourth-order valence-electron chi connectivity index (χ4n) is 1.99. The van der Waals surface area contributed by atoms with E-state index in [2.05, 4.69) is 10.6 Å². The number of nitrogens with one attached hydrogen (secondary N) is 2. The Morgan fingerprint density at radius 3 is 2.76 bits per heavy atom. The summed E-state index contributed by atoms with van der Waals surface area (Å²) in [6.07, 6.45) is 1.35. The highest BCUT2D eigenvalue weighted by molar-refractivity contribution is 6.44. The van der Waals surface area contributed by atoms with Gasteiger partial charge in [0.25, 0.3) is 5.91 Å². The Morgan fingerprint density at radius 2 is 2.04 bits per heavy atom. The second-order valence-corrected chi connectivity index (χ2v) is 5.74. The molecule has 7 heteroatoms. The van der Waals surface area contributed by atoms with Crippen molar-refractivity contribution < 1.29 is 9.53 Å². The molecule has 0 aliphatic rings. The van der Waals surface area contributed by atoms with E-state index in [0.717, 1.165) is 11.3 Å². The quantitative estimate of drug-likeness (QED) is 0.587. The normalized spacial score (nSPS) is 10.7. The van der Waals surface area contributed by atoms with E-state index in [4.69, 9.17) is 27.9 Å². The van der Waals surface area contributed by atoms with Crippen molar-refractivity contribution in [1.82, 2.24) is 5.32 Å². The minimum Gasteiger partial charge on any atom is -0.497 e. The molecule has 128 valence electrons. The fourth-order valence-corrected chi connectivity index (χ4v) is 2.34. The van der Waals surface area contributed by atoms with E-state index in [1.165, 1.54) is 6.20 Å². The van der Waals surface area contributed by atoms with Gasteiger partial charge in [-0.15, -0.1) is 0 Å². The molecule has 0 heterocycles. The fraction of sp³-hybridized carbons (Fsp3) is 0.111. The lowest BCUT2D eigenvalue weighted by Crippen LogP contribution is -2.17. The minimum absolute atomic E-state index is 0.0843. The summed E-state index contributed by atoms with van der Waals surface area (Å²) >= 11 is 11.9. The van der Waals surface area contributed by atoms with Crippen molar-refractivity contribution in [2.24, 2.45) is 0 Å². The molecule has 0 bridgehead atoms. The summed E-state index contributed by atoms with van der Waals surface area (Å²) in [7, 11) is 1.59. The maximum absolute atomic E-state index is 12.2. The van der Waals surface area contributed by atoms with Crippen LogP contribution in [0.5, 0.6) is 5.75 Å². The van der Waals surface area contributed by atoms with Gasteiger partial charge in [-0.2, -0.15) is 5.26 Å². The van der Waals surface area contributed by atoms with Crippen LogP contribution in [0.4, 0.5) is 5.69 Å². The van der Waals surface area contributed by atoms with Crippen LogP contribution >= 0.6 is 23.2 Å². The predicted octanol–water partition coefficient (Wildman–Crippen LogP) is 4.14. The first-order valence-corrected chi connectivity index (χ1v) is 8.02. The third-order valence-corrected chi connectivity index (χ3v) is 4.07. The second-order valence-electron chi connectivity index (χ2n) is 4.96. The van der Waals surface area contributed by atoms with Crippen molar-refractivity contribution in [3.05, 3.63) is 69.8 Å². The molecule has 2 aromatic carbocycles. The first-order valence-electron chi connectivity index (χ1n) is 7.27. The molecular weight excluding hydrogens is 361 g/mol.